The van der Waals surface area contributed by atoms with Crippen LogP contribution in [0.2, 0.25) is 0 Å². The average Bonchev–Trinajstić information content (AvgIpc) is 2.38. The van der Waals surface area contributed by atoms with Crippen LogP contribution in [0.1, 0.15) is 23.3 Å². The number of carboxylic acids is 1. The maximum Gasteiger partial charge on any atom is 0.354 e. The van der Waals surface area contributed by atoms with Gasteiger partial charge in [0.2, 0.25) is 0 Å². The molecule has 0 aromatic carbocycles. The van der Waals surface area contributed by atoms with Gasteiger partial charge < -0.3 is 14.6 Å². The van der Waals surface area contributed by atoms with Gasteiger partial charge in [-0.2, -0.15) is 0 Å². The highest BCUT2D eigenvalue weighted by Crippen LogP contribution is 2.17. The normalized spacial score (nSPS) is 16.7. The molecule has 1 aromatic rings. The molecule has 0 aliphatic carbocycles. The van der Waals surface area contributed by atoms with Gasteiger partial charge >= 0.3 is 5.97 Å². The maximum atomic E-state index is 10.6. The van der Waals surface area contributed by atoms with Gasteiger partial charge in [0.05, 0.1) is 12.8 Å². The smallest absolute Gasteiger partial charge is 0.354 e. The van der Waals surface area contributed by atoms with E-state index in [1.54, 1.807) is 6.07 Å². The third-order valence-electron chi connectivity index (χ3n) is 2.78. The Hall–Kier alpha value is -1.62. The van der Waals surface area contributed by atoms with Crippen molar-refractivity contribution in [3.8, 4) is 5.75 Å². The number of ether oxygens (including phenoxy) is 2. The minimum atomic E-state index is -1.03. The van der Waals surface area contributed by atoms with Crippen LogP contribution in [-0.4, -0.2) is 35.9 Å². The molecule has 17 heavy (non-hydrogen) atoms. The van der Waals surface area contributed by atoms with Crippen LogP contribution in [0.15, 0.2) is 18.3 Å². The fourth-order valence-corrected chi connectivity index (χ4v) is 1.72. The summed E-state index contributed by atoms with van der Waals surface area (Å²) in [5.74, 6) is 0.102. The Labute approximate surface area is 99.4 Å². The predicted molar refractivity (Wildman–Crippen MR) is 60.2 cm³/mol. The van der Waals surface area contributed by atoms with E-state index in [9.17, 15) is 4.79 Å². The lowest BCUT2D eigenvalue weighted by Gasteiger charge is -2.21. The molecule has 0 bridgehead atoms. The quantitative estimate of drug-likeness (QED) is 0.861. The van der Waals surface area contributed by atoms with Gasteiger partial charge in [-0.1, -0.05) is 0 Å². The monoisotopic (exact) mass is 237 g/mol. The molecule has 0 atom stereocenters. The molecule has 5 heteroatoms. The van der Waals surface area contributed by atoms with Crippen LogP contribution in [0, 0.1) is 5.92 Å². The first-order valence-electron chi connectivity index (χ1n) is 5.65. The number of carboxylic acid groups (broad SMARTS) is 1. The molecule has 0 radical (unpaired) electrons. The third-order valence-corrected chi connectivity index (χ3v) is 2.78. The van der Waals surface area contributed by atoms with Crippen molar-refractivity contribution in [3.05, 3.63) is 24.0 Å². The second-order valence-corrected chi connectivity index (χ2v) is 4.05. The van der Waals surface area contributed by atoms with Crippen molar-refractivity contribution >= 4 is 5.97 Å². The Bertz CT molecular complexity index is 371. The van der Waals surface area contributed by atoms with Crippen molar-refractivity contribution < 1.29 is 19.4 Å². The van der Waals surface area contributed by atoms with Gasteiger partial charge in [-0.3, -0.25) is 0 Å². The van der Waals surface area contributed by atoms with Crippen LogP contribution in [0.5, 0.6) is 5.75 Å². The van der Waals surface area contributed by atoms with Crippen LogP contribution >= 0.6 is 0 Å². The molecule has 1 aromatic heterocycles. The summed E-state index contributed by atoms with van der Waals surface area (Å²) in [5.41, 5.74) is 0.0309. The van der Waals surface area contributed by atoms with Gasteiger partial charge in [0.15, 0.2) is 0 Å². The largest absolute Gasteiger partial charge is 0.492 e. The minimum Gasteiger partial charge on any atom is -0.492 e. The van der Waals surface area contributed by atoms with Crippen molar-refractivity contribution in [2.24, 2.45) is 5.92 Å². The van der Waals surface area contributed by atoms with Gasteiger partial charge in [-0.15, -0.1) is 0 Å². The summed E-state index contributed by atoms with van der Waals surface area (Å²) in [6.07, 6.45) is 3.48. The molecule has 0 spiro atoms. The average molecular weight is 237 g/mol. The summed E-state index contributed by atoms with van der Waals surface area (Å²) < 4.78 is 10.8. The Balaban J connectivity index is 1.84. The third kappa shape index (κ3) is 3.42. The molecule has 0 amide bonds. The van der Waals surface area contributed by atoms with E-state index in [1.165, 1.54) is 12.3 Å². The molecule has 1 saturated heterocycles. The second-order valence-electron chi connectivity index (χ2n) is 4.05. The molecule has 2 rings (SSSR count). The number of aromatic carboxylic acids is 1. The molecule has 5 nitrogen and oxygen atoms in total. The van der Waals surface area contributed by atoms with E-state index in [4.69, 9.17) is 14.6 Å². The van der Waals surface area contributed by atoms with Crippen molar-refractivity contribution in [1.29, 1.82) is 0 Å². The van der Waals surface area contributed by atoms with Gasteiger partial charge in [-0.25, -0.2) is 9.78 Å². The summed E-state index contributed by atoms with van der Waals surface area (Å²) >= 11 is 0. The molecular weight excluding hydrogens is 222 g/mol. The molecule has 0 saturated carbocycles. The molecule has 92 valence electrons. The van der Waals surface area contributed by atoms with Crippen molar-refractivity contribution in [3.63, 3.8) is 0 Å². The minimum absolute atomic E-state index is 0.0309. The van der Waals surface area contributed by atoms with Crippen LogP contribution < -0.4 is 4.74 Å². The molecule has 1 fully saturated rings. The second kappa shape index (κ2) is 5.63. The van der Waals surface area contributed by atoms with Gasteiger partial charge in [0, 0.05) is 13.2 Å². The standard InChI is InChI=1S/C12H15NO4/c14-12(15)11-2-1-10(7-13-11)17-8-9-3-5-16-6-4-9/h1-2,7,9H,3-6,8H2,(H,14,15). The Morgan fingerprint density at radius 1 is 1.47 bits per heavy atom. The van der Waals surface area contributed by atoms with Crippen LogP contribution in [0.3, 0.4) is 0 Å². The number of pyridine rings is 1. The van der Waals surface area contributed by atoms with Crippen molar-refractivity contribution in [2.75, 3.05) is 19.8 Å². The Morgan fingerprint density at radius 2 is 2.24 bits per heavy atom. The first kappa shape index (κ1) is 11.9. The fourth-order valence-electron chi connectivity index (χ4n) is 1.72. The number of hydrogen-bond donors (Lipinski definition) is 1. The highest BCUT2D eigenvalue weighted by Gasteiger charge is 2.14. The SMILES string of the molecule is O=C(O)c1ccc(OCC2CCOCC2)cn1. The summed E-state index contributed by atoms with van der Waals surface area (Å²) in [7, 11) is 0. The Morgan fingerprint density at radius 3 is 2.82 bits per heavy atom. The molecule has 0 unspecified atom stereocenters. The highest BCUT2D eigenvalue weighted by molar-refractivity contribution is 5.85. The Kier molecular flexibility index (Phi) is 3.93. The zero-order valence-electron chi connectivity index (χ0n) is 9.46. The number of rotatable bonds is 4. The molecular formula is C12H15NO4. The maximum absolute atomic E-state index is 10.6. The van der Waals surface area contributed by atoms with E-state index in [-0.39, 0.29) is 5.69 Å². The molecule has 1 aliphatic heterocycles. The highest BCUT2D eigenvalue weighted by atomic mass is 16.5. The zero-order chi connectivity index (χ0) is 12.1. The number of nitrogens with zero attached hydrogens (tertiary/aromatic N) is 1. The number of hydrogen-bond acceptors (Lipinski definition) is 4. The van der Waals surface area contributed by atoms with E-state index in [2.05, 4.69) is 4.98 Å². The molecule has 1 aliphatic rings. The number of aromatic nitrogens is 1. The predicted octanol–water partition coefficient (Wildman–Crippen LogP) is 1.59. The van der Waals surface area contributed by atoms with Crippen molar-refractivity contribution in [2.45, 2.75) is 12.8 Å². The van der Waals surface area contributed by atoms with Gasteiger partial charge in [0.25, 0.3) is 0 Å². The first-order chi connectivity index (χ1) is 8.25. The summed E-state index contributed by atoms with van der Waals surface area (Å²) in [5, 5.41) is 8.69. The lowest BCUT2D eigenvalue weighted by Crippen LogP contribution is -2.21. The van der Waals surface area contributed by atoms with E-state index >= 15 is 0 Å². The lowest BCUT2D eigenvalue weighted by molar-refractivity contribution is 0.0496. The molecule has 1 N–H and O–H groups in total. The topological polar surface area (TPSA) is 68.7 Å². The lowest BCUT2D eigenvalue weighted by atomic mass is 10.0. The van der Waals surface area contributed by atoms with Crippen molar-refractivity contribution in [1.82, 2.24) is 4.98 Å². The van der Waals surface area contributed by atoms with Gasteiger partial charge in [-0.05, 0) is 30.9 Å². The van der Waals surface area contributed by atoms with Crippen LogP contribution in [0.25, 0.3) is 0 Å². The molecule has 2 heterocycles. The van der Waals surface area contributed by atoms with E-state index in [0.29, 0.717) is 18.3 Å². The number of carbonyl (C=O) groups is 1. The van der Waals surface area contributed by atoms with Crippen LogP contribution in [-0.2, 0) is 4.74 Å². The van der Waals surface area contributed by atoms with Crippen LogP contribution in [0.4, 0.5) is 0 Å². The van der Waals surface area contributed by atoms with E-state index in [0.717, 1.165) is 26.1 Å². The zero-order valence-corrected chi connectivity index (χ0v) is 9.46. The fraction of sp³-hybridized carbons (Fsp3) is 0.500. The summed E-state index contributed by atoms with van der Waals surface area (Å²) in [6, 6.07) is 3.08. The van der Waals surface area contributed by atoms with E-state index in [1.807, 2.05) is 0 Å². The first-order valence-corrected chi connectivity index (χ1v) is 5.65. The van der Waals surface area contributed by atoms with E-state index < -0.39 is 5.97 Å². The summed E-state index contributed by atoms with van der Waals surface area (Å²) in [4.78, 5) is 14.4. The van der Waals surface area contributed by atoms with Gasteiger partial charge in [0.1, 0.15) is 11.4 Å². The summed E-state index contributed by atoms with van der Waals surface area (Å²) in [6.45, 7) is 2.23.